The number of amides is 1. The summed E-state index contributed by atoms with van der Waals surface area (Å²) in [5, 5.41) is 11.3. The van der Waals surface area contributed by atoms with Crippen molar-refractivity contribution in [2.45, 2.75) is 26.9 Å². The average Bonchev–Trinajstić information content (AvgIpc) is 2.53. The van der Waals surface area contributed by atoms with Crippen LogP contribution in [0.1, 0.15) is 36.7 Å². The molecule has 146 valence electrons. The fourth-order valence-electron chi connectivity index (χ4n) is 1.99. The van der Waals surface area contributed by atoms with Gasteiger partial charge < -0.3 is 21.1 Å². The Bertz CT molecular complexity index is 649. The highest BCUT2D eigenvalue weighted by Crippen LogP contribution is 2.31. The summed E-state index contributed by atoms with van der Waals surface area (Å²) in [6, 6.07) is 2.95. The molecule has 26 heavy (non-hydrogen) atoms. The summed E-state index contributed by atoms with van der Waals surface area (Å²) in [5.41, 5.74) is 3.88. The van der Waals surface area contributed by atoms with Crippen LogP contribution in [0.3, 0.4) is 0 Å². The third-order valence-electron chi connectivity index (χ3n) is 3.58. The number of anilines is 1. The molecule has 1 aliphatic rings. The lowest BCUT2D eigenvalue weighted by atomic mass is 9.98. The minimum absolute atomic E-state index is 0.0192. The molecule has 6 nitrogen and oxygen atoms in total. The highest BCUT2D eigenvalue weighted by atomic mass is 19.4. The standard InChI is InChI=1S/C12H14F3N3O.C5H10O2/c13-12(14,15)9-5-8(6-10(16)7-9)11(19)18-3-1-17-2-4-18;1-5(2,3)4(6)7/h5-7,17H,1-4,16H2;1-3H3,(H,6,7). The van der Waals surface area contributed by atoms with Crippen molar-refractivity contribution in [3.05, 3.63) is 29.3 Å². The SMILES string of the molecule is CC(C)(C)C(=O)O.Nc1cc(C(=O)N2CCNCC2)cc(C(F)(F)F)c1. The Balaban J connectivity index is 0.000000412. The molecule has 1 amide bonds. The fraction of sp³-hybridized carbons (Fsp3) is 0.529. The Hall–Kier alpha value is -2.29. The van der Waals surface area contributed by atoms with Gasteiger partial charge in [0, 0.05) is 37.4 Å². The summed E-state index contributed by atoms with van der Waals surface area (Å²) >= 11 is 0. The van der Waals surface area contributed by atoms with Crippen LogP contribution < -0.4 is 11.1 Å². The van der Waals surface area contributed by atoms with Crippen LogP contribution in [0.4, 0.5) is 18.9 Å². The largest absolute Gasteiger partial charge is 0.481 e. The van der Waals surface area contributed by atoms with E-state index in [-0.39, 0.29) is 11.3 Å². The summed E-state index contributed by atoms with van der Waals surface area (Å²) in [5.74, 6) is -1.17. The van der Waals surface area contributed by atoms with Crippen LogP contribution in [0, 0.1) is 5.41 Å². The van der Waals surface area contributed by atoms with Crippen LogP contribution in [-0.4, -0.2) is 48.1 Å². The number of nitrogens with two attached hydrogens (primary N) is 1. The normalized spacial score (nSPS) is 15.1. The maximum absolute atomic E-state index is 12.7. The molecule has 0 aliphatic carbocycles. The van der Waals surface area contributed by atoms with Crippen molar-refractivity contribution in [3.8, 4) is 0 Å². The number of halogens is 3. The molecule has 1 aliphatic heterocycles. The van der Waals surface area contributed by atoms with E-state index < -0.39 is 29.0 Å². The molecule has 1 aromatic rings. The second-order valence-corrected chi connectivity index (χ2v) is 6.94. The van der Waals surface area contributed by atoms with Crippen molar-refractivity contribution in [1.29, 1.82) is 0 Å². The average molecular weight is 375 g/mol. The Kier molecular flexibility index (Phi) is 7.02. The summed E-state index contributed by atoms with van der Waals surface area (Å²) in [4.78, 5) is 23.6. The number of carbonyl (C=O) groups excluding carboxylic acids is 1. The van der Waals surface area contributed by atoms with Crippen molar-refractivity contribution in [2.75, 3.05) is 31.9 Å². The third-order valence-corrected chi connectivity index (χ3v) is 3.58. The molecule has 0 atom stereocenters. The van der Waals surface area contributed by atoms with Gasteiger partial charge in [0.1, 0.15) is 0 Å². The van der Waals surface area contributed by atoms with E-state index in [1.165, 1.54) is 11.0 Å². The van der Waals surface area contributed by atoms with Gasteiger partial charge in [0.05, 0.1) is 11.0 Å². The van der Waals surface area contributed by atoms with Crippen LogP contribution in [0.15, 0.2) is 18.2 Å². The topological polar surface area (TPSA) is 95.7 Å². The van der Waals surface area contributed by atoms with E-state index in [4.69, 9.17) is 10.8 Å². The summed E-state index contributed by atoms with van der Waals surface area (Å²) in [6.45, 7) is 7.23. The molecule has 1 heterocycles. The zero-order chi connectivity index (χ0) is 20.1. The van der Waals surface area contributed by atoms with E-state index in [2.05, 4.69) is 5.32 Å². The zero-order valence-corrected chi connectivity index (χ0v) is 15.0. The van der Waals surface area contributed by atoms with Gasteiger partial charge in [-0.3, -0.25) is 9.59 Å². The summed E-state index contributed by atoms with van der Waals surface area (Å²) in [6.07, 6.45) is -4.51. The van der Waals surface area contributed by atoms with Gasteiger partial charge in [-0.2, -0.15) is 13.2 Å². The van der Waals surface area contributed by atoms with Gasteiger partial charge in [0.2, 0.25) is 0 Å². The maximum atomic E-state index is 12.7. The molecular weight excluding hydrogens is 351 g/mol. The van der Waals surface area contributed by atoms with E-state index in [0.29, 0.717) is 26.2 Å². The number of hydrogen-bond acceptors (Lipinski definition) is 4. The zero-order valence-electron chi connectivity index (χ0n) is 15.0. The third kappa shape index (κ3) is 6.55. The summed E-state index contributed by atoms with van der Waals surface area (Å²) in [7, 11) is 0. The number of nitrogen functional groups attached to an aromatic ring is 1. The van der Waals surface area contributed by atoms with E-state index in [1.54, 1.807) is 20.8 Å². The molecule has 4 N–H and O–H groups in total. The Morgan fingerprint density at radius 2 is 1.62 bits per heavy atom. The Labute approximate surface area is 150 Å². The first-order valence-corrected chi connectivity index (χ1v) is 8.03. The highest BCUT2D eigenvalue weighted by molar-refractivity contribution is 5.95. The van der Waals surface area contributed by atoms with Crippen LogP contribution in [-0.2, 0) is 11.0 Å². The first kappa shape index (κ1) is 21.8. The molecule has 1 saturated heterocycles. The number of carboxylic acids is 1. The molecule has 0 saturated carbocycles. The molecule has 0 bridgehead atoms. The van der Waals surface area contributed by atoms with Crippen molar-refractivity contribution in [3.63, 3.8) is 0 Å². The molecule has 0 radical (unpaired) electrons. The van der Waals surface area contributed by atoms with Gasteiger partial charge in [-0.1, -0.05) is 0 Å². The molecule has 1 fully saturated rings. The van der Waals surface area contributed by atoms with Crippen LogP contribution >= 0.6 is 0 Å². The second kappa shape index (κ2) is 8.39. The molecular formula is C17H24F3N3O3. The predicted molar refractivity (Wildman–Crippen MR) is 91.7 cm³/mol. The lowest BCUT2D eigenvalue weighted by Gasteiger charge is -2.27. The number of hydrogen-bond donors (Lipinski definition) is 3. The maximum Gasteiger partial charge on any atom is 0.416 e. The van der Waals surface area contributed by atoms with Crippen LogP contribution in [0.25, 0.3) is 0 Å². The van der Waals surface area contributed by atoms with Gasteiger partial charge in [-0.05, 0) is 39.0 Å². The number of alkyl halides is 3. The summed E-state index contributed by atoms with van der Waals surface area (Å²) < 4.78 is 38.0. The number of nitrogens with zero attached hydrogens (tertiary/aromatic N) is 1. The van der Waals surface area contributed by atoms with Gasteiger partial charge in [-0.25, -0.2) is 0 Å². The number of carbonyl (C=O) groups is 2. The smallest absolute Gasteiger partial charge is 0.416 e. The molecule has 0 aromatic heterocycles. The first-order chi connectivity index (χ1) is 11.8. The highest BCUT2D eigenvalue weighted by Gasteiger charge is 2.32. The van der Waals surface area contributed by atoms with Gasteiger partial charge >= 0.3 is 12.1 Å². The fourth-order valence-corrected chi connectivity index (χ4v) is 1.99. The number of aliphatic carboxylic acids is 1. The molecule has 0 unspecified atom stereocenters. The monoisotopic (exact) mass is 375 g/mol. The van der Waals surface area contributed by atoms with Crippen molar-refractivity contribution < 1.29 is 27.9 Å². The quantitative estimate of drug-likeness (QED) is 0.656. The lowest BCUT2D eigenvalue weighted by molar-refractivity contribution is -0.145. The molecule has 9 heteroatoms. The number of carboxylic acid groups (broad SMARTS) is 1. The number of rotatable bonds is 1. The Morgan fingerprint density at radius 1 is 1.12 bits per heavy atom. The van der Waals surface area contributed by atoms with E-state index in [1.807, 2.05) is 0 Å². The number of piperazine rings is 1. The van der Waals surface area contributed by atoms with E-state index in [0.717, 1.165) is 12.1 Å². The van der Waals surface area contributed by atoms with Crippen molar-refractivity contribution >= 4 is 17.6 Å². The molecule has 2 rings (SSSR count). The Morgan fingerprint density at radius 3 is 2.04 bits per heavy atom. The predicted octanol–water partition coefficient (Wildman–Crippen LogP) is 2.45. The lowest BCUT2D eigenvalue weighted by Crippen LogP contribution is -2.46. The molecule has 0 spiro atoms. The molecule has 1 aromatic carbocycles. The van der Waals surface area contributed by atoms with Gasteiger partial charge in [0.25, 0.3) is 5.91 Å². The van der Waals surface area contributed by atoms with E-state index in [9.17, 15) is 22.8 Å². The van der Waals surface area contributed by atoms with Gasteiger partial charge in [0.15, 0.2) is 0 Å². The van der Waals surface area contributed by atoms with Crippen LogP contribution in [0.5, 0.6) is 0 Å². The van der Waals surface area contributed by atoms with Crippen molar-refractivity contribution in [1.82, 2.24) is 10.2 Å². The van der Waals surface area contributed by atoms with Crippen molar-refractivity contribution in [2.24, 2.45) is 5.41 Å². The number of nitrogens with one attached hydrogen (secondary N) is 1. The van der Waals surface area contributed by atoms with Crippen LogP contribution in [0.2, 0.25) is 0 Å². The van der Waals surface area contributed by atoms with E-state index >= 15 is 0 Å². The first-order valence-electron chi connectivity index (χ1n) is 8.03. The minimum atomic E-state index is -4.51. The second-order valence-electron chi connectivity index (χ2n) is 6.94. The minimum Gasteiger partial charge on any atom is -0.481 e. The number of benzene rings is 1. The van der Waals surface area contributed by atoms with Gasteiger partial charge in [-0.15, -0.1) is 0 Å².